The van der Waals surface area contributed by atoms with E-state index in [1.165, 1.54) is 17.9 Å². The van der Waals surface area contributed by atoms with Gasteiger partial charge in [0.05, 0.1) is 44.3 Å². The molecule has 1 N–H and O–H groups in total. The van der Waals surface area contributed by atoms with Gasteiger partial charge in [-0.25, -0.2) is 13.9 Å². The number of nitrogens with one attached hydrogen (secondary N) is 1. The fraction of sp³-hybridized carbons (Fsp3) is 0.222. The van der Waals surface area contributed by atoms with Gasteiger partial charge in [-0.1, -0.05) is 59.8 Å². The van der Waals surface area contributed by atoms with Crippen molar-refractivity contribution in [1.29, 1.82) is 0 Å². The number of para-hydroxylation sites is 1. The second-order valence-corrected chi connectivity index (χ2v) is 11.3. The van der Waals surface area contributed by atoms with Gasteiger partial charge in [-0.05, 0) is 59.2 Å². The van der Waals surface area contributed by atoms with Gasteiger partial charge in [0.15, 0.2) is 0 Å². The molecule has 1 atom stereocenters. The number of methoxy groups -OCH3 is 1. The van der Waals surface area contributed by atoms with E-state index in [4.69, 9.17) is 9.47 Å². The monoisotopic (exact) mass is 634 g/mol. The predicted octanol–water partition coefficient (Wildman–Crippen LogP) is 5.81. The highest BCUT2D eigenvalue weighted by Crippen LogP contribution is 2.30. The summed E-state index contributed by atoms with van der Waals surface area (Å²) in [5.41, 5.74) is 5.37. The first-order valence-corrected chi connectivity index (χ1v) is 15.3. The molecule has 1 saturated heterocycles. The number of carbonyl (C=O) groups excluding carboxylic acids is 2. The van der Waals surface area contributed by atoms with Crippen LogP contribution in [0.1, 0.15) is 23.7 Å². The van der Waals surface area contributed by atoms with Gasteiger partial charge < -0.3 is 19.7 Å². The molecule has 47 heavy (non-hydrogen) atoms. The third-order valence-corrected chi connectivity index (χ3v) is 8.06. The maximum absolute atomic E-state index is 15.4. The van der Waals surface area contributed by atoms with Crippen LogP contribution in [0.3, 0.4) is 0 Å². The molecule has 240 valence electrons. The number of aromatic nitrogens is 3. The van der Waals surface area contributed by atoms with Crippen molar-refractivity contribution in [3.63, 3.8) is 0 Å². The lowest BCUT2D eigenvalue weighted by molar-refractivity contribution is -0.116. The van der Waals surface area contributed by atoms with E-state index in [1.54, 1.807) is 30.3 Å². The van der Waals surface area contributed by atoms with E-state index in [0.29, 0.717) is 30.9 Å². The molecule has 2 heterocycles. The quantitative estimate of drug-likeness (QED) is 0.185. The SMILES string of the molecule is COc1ccc(Cn2nncc2CNCc2ccc(-c3ccc(N4CC(CN(C(C)=O)c5ccccc5)OC4=O)cc3F)cc2)cc1. The summed E-state index contributed by atoms with van der Waals surface area (Å²) in [7, 11) is 1.64. The van der Waals surface area contributed by atoms with Gasteiger partial charge in [0.2, 0.25) is 5.91 Å². The number of rotatable bonds is 12. The van der Waals surface area contributed by atoms with Crippen molar-refractivity contribution in [2.45, 2.75) is 32.7 Å². The Morgan fingerprint density at radius 3 is 2.45 bits per heavy atom. The lowest BCUT2D eigenvalue weighted by Gasteiger charge is -2.23. The van der Waals surface area contributed by atoms with Crippen LogP contribution in [-0.2, 0) is 29.2 Å². The Hall–Kier alpha value is -5.55. The molecule has 0 aliphatic carbocycles. The van der Waals surface area contributed by atoms with Crippen molar-refractivity contribution in [3.8, 4) is 16.9 Å². The van der Waals surface area contributed by atoms with Crippen LogP contribution in [-0.4, -0.2) is 53.3 Å². The first-order valence-electron chi connectivity index (χ1n) is 15.3. The van der Waals surface area contributed by atoms with Crippen LogP contribution in [0.25, 0.3) is 11.1 Å². The summed E-state index contributed by atoms with van der Waals surface area (Å²) in [6.45, 7) is 3.67. The molecule has 0 bridgehead atoms. The molecule has 10 nitrogen and oxygen atoms in total. The Labute approximate surface area is 272 Å². The average Bonchev–Trinajstić information content (AvgIpc) is 3.69. The number of amides is 2. The number of halogens is 1. The molecule has 0 radical (unpaired) electrons. The number of hydrogen-bond donors (Lipinski definition) is 1. The van der Waals surface area contributed by atoms with Gasteiger partial charge in [0.1, 0.15) is 17.7 Å². The highest BCUT2D eigenvalue weighted by atomic mass is 19.1. The van der Waals surface area contributed by atoms with E-state index >= 15 is 4.39 Å². The van der Waals surface area contributed by atoms with Gasteiger partial charge in [0.25, 0.3) is 0 Å². The summed E-state index contributed by atoms with van der Waals surface area (Å²) >= 11 is 0. The van der Waals surface area contributed by atoms with E-state index in [1.807, 2.05) is 83.5 Å². The zero-order valence-electron chi connectivity index (χ0n) is 26.2. The number of ether oxygens (including phenoxy) is 2. The van der Waals surface area contributed by atoms with Gasteiger partial charge in [-0.2, -0.15) is 0 Å². The Bertz CT molecular complexity index is 1830. The standard InChI is InChI=1S/C36H35FN6O4/c1-25(44)41(29-6-4-3-5-7-29)23-33-24-42(36(45)47-33)30-14-17-34(35(37)18-30)28-12-8-26(9-13-28)19-38-20-31-21-39-40-43(31)22-27-10-15-32(46-2)16-11-27/h3-18,21,33,38H,19-20,22-24H2,1-2H3. The predicted molar refractivity (Wildman–Crippen MR) is 177 cm³/mol. The van der Waals surface area contributed by atoms with Crippen molar-refractivity contribution in [2.24, 2.45) is 0 Å². The van der Waals surface area contributed by atoms with Gasteiger partial charge in [0, 0.05) is 31.3 Å². The Morgan fingerprint density at radius 2 is 1.74 bits per heavy atom. The number of nitrogens with zero attached hydrogens (tertiary/aromatic N) is 5. The lowest BCUT2D eigenvalue weighted by Crippen LogP contribution is -2.38. The van der Waals surface area contributed by atoms with Crippen LogP contribution in [0.2, 0.25) is 0 Å². The number of cyclic esters (lactones) is 1. The highest BCUT2D eigenvalue weighted by molar-refractivity contribution is 5.93. The first-order chi connectivity index (χ1) is 22.9. The highest BCUT2D eigenvalue weighted by Gasteiger charge is 2.34. The molecule has 11 heteroatoms. The van der Waals surface area contributed by atoms with Crippen molar-refractivity contribution in [1.82, 2.24) is 20.3 Å². The van der Waals surface area contributed by atoms with Crippen molar-refractivity contribution < 1.29 is 23.5 Å². The van der Waals surface area contributed by atoms with Gasteiger partial charge >= 0.3 is 6.09 Å². The maximum atomic E-state index is 15.4. The van der Waals surface area contributed by atoms with Crippen LogP contribution in [0.15, 0.2) is 103 Å². The molecule has 0 spiro atoms. The molecule has 1 aromatic heterocycles. The largest absolute Gasteiger partial charge is 0.497 e. The minimum atomic E-state index is -0.574. The third kappa shape index (κ3) is 7.47. The molecule has 1 unspecified atom stereocenters. The van der Waals surface area contributed by atoms with E-state index < -0.39 is 18.0 Å². The molecule has 1 fully saturated rings. The van der Waals surface area contributed by atoms with Crippen LogP contribution in [0, 0.1) is 5.82 Å². The fourth-order valence-electron chi connectivity index (χ4n) is 5.55. The molecule has 1 aliphatic heterocycles. The summed E-state index contributed by atoms with van der Waals surface area (Å²) in [6, 6.07) is 29.5. The minimum Gasteiger partial charge on any atom is -0.497 e. The molecule has 1 aliphatic rings. The Kier molecular flexibility index (Phi) is 9.53. The lowest BCUT2D eigenvalue weighted by atomic mass is 10.0. The summed E-state index contributed by atoms with van der Waals surface area (Å²) in [5, 5.41) is 11.7. The Balaban J connectivity index is 1.04. The number of carbonyl (C=O) groups is 2. The summed E-state index contributed by atoms with van der Waals surface area (Å²) in [5.74, 6) is 0.201. The summed E-state index contributed by atoms with van der Waals surface area (Å²) in [4.78, 5) is 28.0. The molecule has 5 aromatic rings. The van der Waals surface area contributed by atoms with E-state index in [0.717, 1.165) is 33.8 Å². The molecule has 0 saturated carbocycles. The normalized spacial score (nSPS) is 14.2. The van der Waals surface area contributed by atoms with Gasteiger partial charge in [-0.15, -0.1) is 5.10 Å². The second kappa shape index (κ2) is 14.3. The topological polar surface area (TPSA) is 102 Å². The zero-order chi connectivity index (χ0) is 32.8. The van der Waals surface area contributed by atoms with E-state index in [9.17, 15) is 9.59 Å². The smallest absolute Gasteiger partial charge is 0.414 e. The molecular weight excluding hydrogens is 599 g/mol. The molecule has 6 rings (SSSR count). The van der Waals surface area contributed by atoms with E-state index in [-0.39, 0.29) is 19.0 Å². The Morgan fingerprint density at radius 1 is 1.00 bits per heavy atom. The van der Waals surface area contributed by atoms with Gasteiger partial charge in [-0.3, -0.25) is 9.69 Å². The number of benzene rings is 4. The molecule has 2 amide bonds. The van der Waals surface area contributed by atoms with Crippen LogP contribution in [0.5, 0.6) is 5.75 Å². The zero-order valence-corrected chi connectivity index (χ0v) is 26.2. The minimum absolute atomic E-state index is 0.159. The second-order valence-electron chi connectivity index (χ2n) is 11.3. The average molecular weight is 635 g/mol. The van der Waals surface area contributed by atoms with Crippen molar-refractivity contribution in [2.75, 3.05) is 30.0 Å². The maximum Gasteiger partial charge on any atom is 0.414 e. The van der Waals surface area contributed by atoms with Crippen LogP contribution >= 0.6 is 0 Å². The van der Waals surface area contributed by atoms with E-state index in [2.05, 4.69) is 15.6 Å². The summed E-state index contributed by atoms with van der Waals surface area (Å²) in [6.07, 6.45) is 0.621. The number of anilines is 2. The van der Waals surface area contributed by atoms with Crippen molar-refractivity contribution in [3.05, 3.63) is 126 Å². The first kappa shape index (κ1) is 31.4. The number of hydrogen-bond acceptors (Lipinski definition) is 7. The summed E-state index contributed by atoms with van der Waals surface area (Å²) < 4.78 is 28.0. The molecular formula is C36H35FN6O4. The van der Waals surface area contributed by atoms with Crippen molar-refractivity contribution >= 4 is 23.4 Å². The fourth-order valence-corrected chi connectivity index (χ4v) is 5.55. The third-order valence-electron chi connectivity index (χ3n) is 8.06. The molecule has 4 aromatic carbocycles. The van der Waals surface area contributed by atoms with Crippen LogP contribution in [0.4, 0.5) is 20.6 Å². The van der Waals surface area contributed by atoms with Crippen LogP contribution < -0.4 is 19.9 Å².